The van der Waals surface area contributed by atoms with Gasteiger partial charge in [0.15, 0.2) is 0 Å². The normalized spacial score (nSPS) is 10.4. The molecule has 2 rings (SSSR count). The monoisotopic (exact) mass is 258 g/mol. The third-order valence-electron chi connectivity index (χ3n) is 2.76. The van der Waals surface area contributed by atoms with Gasteiger partial charge in [-0.3, -0.25) is 9.48 Å². The average Bonchev–Trinajstić information content (AvgIpc) is 2.90. The molecular formula is C14H18N4O. The summed E-state index contributed by atoms with van der Waals surface area (Å²) in [5, 5.41) is 7.02. The van der Waals surface area contributed by atoms with E-state index in [0.717, 1.165) is 17.7 Å². The molecule has 19 heavy (non-hydrogen) atoms. The predicted molar refractivity (Wildman–Crippen MR) is 73.3 cm³/mol. The number of nitrogens with two attached hydrogens (primary N) is 1. The maximum absolute atomic E-state index is 11.4. The number of carbonyl (C=O) groups excluding carboxylic acids is 1. The summed E-state index contributed by atoms with van der Waals surface area (Å²) in [4.78, 5) is 11.4. The lowest BCUT2D eigenvalue weighted by atomic mass is 10.1. The fraction of sp³-hybridized carbons (Fsp3) is 0.286. The van der Waals surface area contributed by atoms with Crippen molar-refractivity contribution in [3.8, 4) is 0 Å². The number of rotatable bonds is 6. The lowest BCUT2D eigenvalue weighted by Gasteiger charge is -2.07. The van der Waals surface area contributed by atoms with Crippen LogP contribution in [0.2, 0.25) is 0 Å². The number of nitrogens with one attached hydrogen (secondary N) is 1. The maximum Gasteiger partial charge on any atom is 0.221 e. The molecule has 0 unspecified atom stereocenters. The molecule has 5 nitrogen and oxygen atoms in total. The van der Waals surface area contributed by atoms with Gasteiger partial charge < -0.3 is 11.1 Å². The first kappa shape index (κ1) is 13.3. The quantitative estimate of drug-likeness (QED) is 0.808. The molecule has 0 radical (unpaired) electrons. The molecule has 1 amide bonds. The van der Waals surface area contributed by atoms with E-state index in [9.17, 15) is 4.79 Å². The van der Waals surface area contributed by atoms with E-state index in [0.29, 0.717) is 19.5 Å². The Bertz CT molecular complexity index is 522. The van der Waals surface area contributed by atoms with Crippen molar-refractivity contribution < 1.29 is 4.79 Å². The molecule has 5 heteroatoms. The second-order valence-corrected chi connectivity index (χ2v) is 4.34. The first-order valence-electron chi connectivity index (χ1n) is 6.30. The largest absolute Gasteiger partial charge is 0.352 e. The van der Waals surface area contributed by atoms with Crippen molar-refractivity contribution in [1.29, 1.82) is 0 Å². The van der Waals surface area contributed by atoms with Gasteiger partial charge in [-0.05, 0) is 17.2 Å². The molecule has 0 spiro atoms. The lowest BCUT2D eigenvalue weighted by Crippen LogP contribution is -2.25. The van der Waals surface area contributed by atoms with Crippen LogP contribution in [-0.2, 0) is 17.9 Å². The summed E-state index contributed by atoms with van der Waals surface area (Å²) in [6.07, 6.45) is 4.06. The van der Waals surface area contributed by atoms with Gasteiger partial charge in [0, 0.05) is 31.9 Å². The van der Waals surface area contributed by atoms with Crippen molar-refractivity contribution in [1.82, 2.24) is 15.1 Å². The van der Waals surface area contributed by atoms with Gasteiger partial charge in [-0.1, -0.05) is 24.3 Å². The van der Waals surface area contributed by atoms with Crippen LogP contribution >= 0.6 is 0 Å². The molecule has 0 bridgehead atoms. The number of hydrogen-bond acceptors (Lipinski definition) is 3. The first-order valence-corrected chi connectivity index (χ1v) is 6.30. The zero-order chi connectivity index (χ0) is 13.5. The SMILES string of the molecule is NCCC(=O)NCc1cccc(Cn2cccn2)c1. The fourth-order valence-corrected chi connectivity index (χ4v) is 1.84. The summed E-state index contributed by atoms with van der Waals surface area (Å²) < 4.78 is 1.87. The van der Waals surface area contributed by atoms with Crippen LogP contribution < -0.4 is 11.1 Å². The Kier molecular flexibility index (Phi) is 4.69. The zero-order valence-corrected chi connectivity index (χ0v) is 10.7. The smallest absolute Gasteiger partial charge is 0.221 e. The summed E-state index contributed by atoms with van der Waals surface area (Å²) in [7, 11) is 0. The molecule has 0 aliphatic rings. The Morgan fingerprint density at radius 2 is 2.16 bits per heavy atom. The van der Waals surface area contributed by atoms with E-state index in [2.05, 4.69) is 16.5 Å². The maximum atomic E-state index is 11.4. The summed E-state index contributed by atoms with van der Waals surface area (Å²) in [5.74, 6) is -0.0139. The molecule has 0 atom stereocenters. The second-order valence-electron chi connectivity index (χ2n) is 4.34. The molecule has 1 heterocycles. The minimum atomic E-state index is -0.0139. The number of hydrogen-bond donors (Lipinski definition) is 2. The third-order valence-corrected chi connectivity index (χ3v) is 2.76. The average molecular weight is 258 g/mol. The Balaban J connectivity index is 1.93. The molecule has 0 saturated heterocycles. The van der Waals surface area contributed by atoms with Crippen LogP contribution in [0, 0.1) is 0 Å². The van der Waals surface area contributed by atoms with Crippen LogP contribution in [0.15, 0.2) is 42.7 Å². The Hall–Kier alpha value is -2.14. The highest BCUT2D eigenvalue weighted by molar-refractivity contribution is 5.76. The van der Waals surface area contributed by atoms with E-state index in [1.165, 1.54) is 0 Å². The molecule has 0 aliphatic carbocycles. The summed E-state index contributed by atoms with van der Waals surface area (Å²) in [5.41, 5.74) is 7.57. The number of nitrogens with zero attached hydrogens (tertiary/aromatic N) is 2. The highest BCUT2D eigenvalue weighted by atomic mass is 16.1. The fourth-order valence-electron chi connectivity index (χ4n) is 1.84. The van der Waals surface area contributed by atoms with Crippen LogP contribution in [-0.4, -0.2) is 22.2 Å². The molecule has 0 saturated carbocycles. The van der Waals surface area contributed by atoms with E-state index in [4.69, 9.17) is 5.73 Å². The molecular weight excluding hydrogens is 240 g/mol. The van der Waals surface area contributed by atoms with Crippen LogP contribution in [0.4, 0.5) is 0 Å². The molecule has 1 aromatic carbocycles. The van der Waals surface area contributed by atoms with Gasteiger partial charge in [-0.15, -0.1) is 0 Å². The van der Waals surface area contributed by atoms with Crippen molar-refractivity contribution in [3.63, 3.8) is 0 Å². The molecule has 0 fully saturated rings. The standard InChI is InChI=1S/C14H18N4O/c15-6-5-14(19)16-10-12-3-1-4-13(9-12)11-18-8-2-7-17-18/h1-4,7-9H,5-6,10-11,15H2,(H,16,19). The van der Waals surface area contributed by atoms with Gasteiger partial charge in [0.05, 0.1) is 6.54 Å². The molecule has 0 aliphatic heterocycles. The van der Waals surface area contributed by atoms with E-state index < -0.39 is 0 Å². The van der Waals surface area contributed by atoms with Crippen molar-refractivity contribution in [2.24, 2.45) is 5.73 Å². The van der Waals surface area contributed by atoms with Crippen LogP contribution in [0.1, 0.15) is 17.5 Å². The van der Waals surface area contributed by atoms with E-state index >= 15 is 0 Å². The van der Waals surface area contributed by atoms with Gasteiger partial charge in [0.1, 0.15) is 0 Å². The Morgan fingerprint density at radius 1 is 1.32 bits per heavy atom. The van der Waals surface area contributed by atoms with Gasteiger partial charge in [0.2, 0.25) is 5.91 Å². The topological polar surface area (TPSA) is 72.9 Å². The van der Waals surface area contributed by atoms with E-state index in [-0.39, 0.29) is 5.91 Å². The molecule has 2 aromatic rings. The first-order chi connectivity index (χ1) is 9.28. The number of amides is 1. The summed E-state index contributed by atoms with van der Waals surface area (Å²) >= 11 is 0. The second kappa shape index (κ2) is 6.70. The van der Waals surface area contributed by atoms with E-state index in [1.54, 1.807) is 6.20 Å². The third kappa shape index (κ3) is 4.22. The van der Waals surface area contributed by atoms with Crippen molar-refractivity contribution in [2.75, 3.05) is 6.54 Å². The van der Waals surface area contributed by atoms with Crippen molar-refractivity contribution in [2.45, 2.75) is 19.5 Å². The van der Waals surface area contributed by atoms with Gasteiger partial charge in [-0.25, -0.2) is 0 Å². The lowest BCUT2D eigenvalue weighted by molar-refractivity contribution is -0.121. The molecule has 3 N–H and O–H groups in total. The predicted octanol–water partition coefficient (Wildman–Crippen LogP) is 0.896. The Morgan fingerprint density at radius 3 is 2.89 bits per heavy atom. The number of benzene rings is 1. The summed E-state index contributed by atoms with van der Waals surface area (Å²) in [6.45, 7) is 1.65. The van der Waals surface area contributed by atoms with Crippen LogP contribution in [0.5, 0.6) is 0 Å². The van der Waals surface area contributed by atoms with Gasteiger partial charge in [-0.2, -0.15) is 5.10 Å². The van der Waals surface area contributed by atoms with Gasteiger partial charge >= 0.3 is 0 Å². The van der Waals surface area contributed by atoms with Crippen LogP contribution in [0.25, 0.3) is 0 Å². The zero-order valence-electron chi connectivity index (χ0n) is 10.7. The van der Waals surface area contributed by atoms with Crippen molar-refractivity contribution >= 4 is 5.91 Å². The van der Waals surface area contributed by atoms with Gasteiger partial charge in [0.25, 0.3) is 0 Å². The van der Waals surface area contributed by atoms with E-state index in [1.807, 2.05) is 35.1 Å². The Labute approximate surface area is 112 Å². The summed E-state index contributed by atoms with van der Waals surface area (Å²) in [6, 6.07) is 10.0. The molecule has 1 aromatic heterocycles. The van der Waals surface area contributed by atoms with Crippen LogP contribution in [0.3, 0.4) is 0 Å². The number of aromatic nitrogens is 2. The minimum Gasteiger partial charge on any atom is -0.352 e. The van der Waals surface area contributed by atoms with Crippen molar-refractivity contribution in [3.05, 3.63) is 53.9 Å². The number of carbonyl (C=O) groups is 1. The molecule has 100 valence electrons. The highest BCUT2D eigenvalue weighted by Crippen LogP contribution is 2.07. The highest BCUT2D eigenvalue weighted by Gasteiger charge is 2.01. The minimum absolute atomic E-state index is 0.0139.